The van der Waals surface area contributed by atoms with Crippen molar-refractivity contribution in [1.82, 2.24) is 5.01 Å². The molecule has 0 N–H and O–H groups in total. The molecule has 25 heavy (non-hydrogen) atoms. The van der Waals surface area contributed by atoms with Gasteiger partial charge in [-0.15, -0.1) is 5.11 Å². The second kappa shape index (κ2) is 7.67. The molecule has 0 saturated carbocycles. The van der Waals surface area contributed by atoms with E-state index in [2.05, 4.69) is 15.2 Å². The number of anilines is 1. The fourth-order valence-corrected chi connectivity index (χ4v) is 2.77. The van der Waals surface area contributed by atoms with E-state index in [9.17, 15) is 10.1 Å². The second-order valence-corrected chi connectivity index (χ2v) is 6.32. The average molecular weight is 380 g/mol. The highest BCUT2D eigenvalue weighted by molar-refractivity contribution is 6.42. The molecule has 7 nitrogen and oxygen atoms in total. The van der Waals surface area contributed by atoms with E-state index in [-0.39, 0.29) is 5.69 Å². The highest BCUT2D eigenvalue weighted by Crippen LogP contribution is 2.28. The Labute approximate surface area is 154 Å². The van der Waals surface area contributed by atoms with Crippen molar-refractivity contribution in [1.29, 1.82) is 0 Å². The van der Waals surface area contributed by atoms with Gasteiger partial charge in [0.15, 0.2) is 0 Å². The van der Waals surface area contributed by atoms with Crippen LogP contribution in [0.15, 0.2) is 52.8 Å². The lowest BCUT2D eigenvalue weighted by Crippen LogP contribution is -2.43. The molecule has 1 heterocycles. The molecule has 0 atom stereocenters. The van der Waals surface area contributed by atoms with Crippen molar-refractivity contribution in [2.45, 2.75) is 0 Å². The summed E-state index contributed by atoms with van der Waals surface area (Å²) in [5.74, 6) is 0. The van der Waals surface area contributed by atoms with Crippen molar-refractivity contribution in [3.05, 3.63) is 62.6 Å². The monoisotopic (exact) mass is 379 g/mol. The lowest BCUT2D eigenvalue weighted by molar-refractivity contribution is -0.384. The molecule has 0 radical (unpaired) electrons. The van der Waals surface area contributed by atoms with Gasteiger partial charge in [-0.3, -0.25) is 15.1 Å². The molecule has 0 unspecified atom stereocenters. The van der Waals surface area contributed by atoms with Gasteiger partial charge in [-0.2, -0.15) is 0 Å². The number of rotatable bonds is 4. The second-order valence-electron chi connectivity index (χ2n) is 5.50. The van der Waals surface area contributed by atoms with E-state index in [1.54, 1.807) is 18.2 Å². The smallest absolute Gasteiger partial charge is 0.269 e. The maximum absolute atomic E-state index is 10.6. The Morgan fingerprint density at radius 2 is 1.64 bits per heavy atom. The normalized spacial score (nSPS) is 15.0. The molecule has 0 aliphatic carbocycles. The third kappa shape index (κ3) is 4.37. The van der Waals surface area contributed by atoms with Crippen LogP contribution in [0.2, 0.25) is 10.0 Å². The van der Waals surface area contributed by atoms with Gasteiger partial charge in [0.05, 0.1) is 33.7 Å². The Morgan fingerprint density at radius 1 is 0.960 bits per heavy atom. The van der Waals surface area contributed by atoms with Crippen LogP contribution in [0.1, 0.15) is 0 Å². The summed E-state index contributed by atoms with van der Waals surface area (Å²) >= 11 is 12.0. The van der Waals surface area contributed by atoms with Crippen molar-refractivity contribution >= 4 is 40.3 Å². The fourth-order valence-electron chi connectivity index (χ4n) is 2.48. The SMILES string of the molecule is O=[N+]([O-])c1ccc(N=NN2CCN(c3ccc(Cl)c(Cl)c3)CC2)cc1. The zero-order valence-corrected chi connectivity index (χ0v) is 14.7. The highest BCUT2D eigenvalue weighted by atomic mass is 35.5. The summed E-state index contributed by atoms with van der Waals surface area (Å²) in [6.45, 7) is 3.02. The zero-order valence-electron chi connectivity index (χ0n) is 13.2. The van der Waals surface area contributed by atoms with Crippen LogP contribution in [0.25, 0.3) is 0 Å². The van der Waals surface area contributed by atoms with Crippen molar-refractivity contribution in [3.8, 4) is 0 Å². The predicted octanol–water partition coefficient (Wildman–Crippen LogP) is 4.72. The molecular formula is C16H15Cl2N5O2. The molecular weight excluding hydrogens is 365 g/mol. The third-order valence-electron chi connectivity index (χ3n) is 3.87. The summed E-state index contributed by atoms with van der Waals surface area (Å²) in [4.78, 5) is 12.4. The molecule has 0 aromatic heterocycles. The van der Waals surface area contributed by atoms with Crippen LogP contribution in [0, 0.1) is 10.1 Å². The lowest BCUT2D eigenvalue weighted by atomic mass is 10.2. The minimum atomic E-state index is -0.441. The van der Waals surface area contributed by atoms with E-state index in [1.165, 1.54) is 12.1 Å². The Hall–Kier alpha value is -2.38. The summed E-state index contributed by atoms with van der Waals surface area (Å²) in [6.07, 6.45) is 0. The van der Waals surface area contributed by atoms with Crippen LogP contribution in [0.4, 0.5) is 17.1 Å². The minimum absolute atomic E-state index is 0.0363. The fraction of sp³-hybridized carbons (Fsp3) is 0.250. The van der Waals surface area contributed by atoms with E-state index in [1.807, 2.05) is 17.1 Å². The van der Waals surface area contributed by atoms with Crippen LogP contribution in [-0.4, -0.2) is 36.1 Å². The summed E-state index contributed by atoms with van der Waals surface area (Å²) in [5.41, 5.74) is 1.65. The van der Waals surface area contributed by atoms with Crippen LogP contribution >= 0.6 is 23.2 Å². The van der Waals surface area contributed by atoms with Gasteiger partial charge in [0.2, 0.25) is 0 Å². The van der Waals surface area contributed by atoms with Crippen LogP contribution in [0.5, 0.6) is 0 Å². The van der Waals surface area contributed by atoms with E-state index in [0.717, 1.165) is 31.9 Å². The van der Waals surface area contributed by atoms with Crippen LogP contribution in [-0.2, 0) is 0 Å². The minimum Gasteiger partial charge on any atom is -0.368 e. The van der Waals surface area contributed by atoms with Gasteiger partial charge < -0.3 is 4.90 Å². The number of benzene rings is 2. The van der Waals surface area contributed by atoms with Crippen molar-refractivity contribution in [3.63, 3.8) is 0 Å². The molecule has 0 spiro atoms. The molecule has 2 aromatic rings. The number of nitro benzene ring substituents is 1. The molecule has 1 aliphatic heterocycles. The van der Waals surface area contributed by atoms with Crippen molar-refractivity contribution in [2.75, 3.05) is 31.1 Å². The number of halogens is 2. The molecule has 0 bridgehead atoms. The molecule has 1 saturated heterocycles. The van der Waals surface area contributed by atoms with Crippen molar-refractivity contribution < 1.29 is 4.92 Å². The van der Waals surface area contributed by atoms with Crippen LogP contribution in [0.3, 0.4) is 0 Å². The largest absolute Gasteiger partial charge is 0.368 e. The molecule has 9 heteroatoms. The molecule has 130 valence electrons. The van der Waals surface area contributed by atoms with Gasteiger partial charge in [-0.25, -0.2) is 0 Å². The first-order valence-electron chi connectivity index (χ1n) is 7.64. The molecule has 2 aromatic carbocycles. The number of nitro groups is 1. The third-order valence-corrected chi connectivity index (χ3v) is 4.61. The Kier molecular flexibility index (Phi) is 5.35. The first-order valence-corrected chi connectivity index (χ1v) is 8.39. The molecule has 1 aliphatic rings. The quantitative estimate of drug-likeness (QED) is 0.437. The number of nitrogens with zero attached hydrogens (tertiary/aromatic N) is 5. The van der Waals surface area contributed by atoms with Gasteiger partial charge in [-0.1, -0.05) is 28.4 Å². The first-order chi connectivity index (χ1) is 12.0. The number of piperazine rings is 1. The number of hydrogen-bond donors (Lipinski definition) is 0. The van der Waals surface area contributed by atoms with Gasteiger partial charge in [0, 0.05) is 30.9 Å². The molecule has 1 fully saturated rings. The van der Waals surface area contributed by atoms with E-state index in [0.29, 0.717) is 15.7 Å². The van der Waals surface area contributed by atoms with E-state index < -0.39 is 4.92 Å². The van der Waals surface area contributed by atoms with Gasteiger partial charge in [0.25, 0.3) is 5.69 Å². The summed E-state index contributed by atoms with van der Waals surface area (Å²) in [6, 6.07) is 11.6. The summed E-state index contributed by atoms with van der Waals surface area (Å²) in [5, 5.41) is 21.9. The number of hydrogen-bond acceptors (Lipinski definition) is 5. The maximum Gasteiger partial charge on any atom is 0.269 e. The summed E-state index contributed by atoms with van der Waals surface area (Å²) in [7, 11) is 0. The Bertz CT molecular complexity index is 790. The zero-order chi connectivity index (χ0) is 17.8. The van der Waals surface area contributed by atoms with Crippen LogP contribution < -0.4 is 4.90 Å². The van der Waals surface area contributed by atoms with Gasteiger partial charge >= 0.3 is 0 Å². The molecule has 3 rings (SSSR count). The predicted molar refractivity (Wildman–Crippen MR) is 97.9 cm³/mol. The number of non-ortho nitro benzene ring substituents is 1. The van der Waals surface area contributed by atoms with E-state index >= 15 is 0 Å². The standard InChI is InChI=1S/C16H15Cl2N5O2/c17-15-6-5-14(11-16(15)18)21-7-9-22(10-8-21)20-19-12-1-3-13(4-2-12)23(24)25/h1-6,11H,7-10H2. The lowest BCUT2D eigenvalue weighted by Gasteiger charge is -2.34. The Balaban J connectivity index is 1.56. The maximum atomic E-state index is 10.6. The average Bonchev–Trinajstić information content (AvgIpc) is 2.63. The Morgan fingerprint density at radius 3 is 2.24 bits per heavy atom. The van der Waals surface area contributed by atoms with Crippen molar-refractivity contribution in [2.24, 2.45) is 10.3 Å². The van der Waals surface area contributed by atoms with Gasteiger partial charge in [0.1, 0.15) is 0 Å². The van der Waals surface area contributed by atoms with E-state index in [4.69, 9.17) is 23.2 Å². The topological polar surface area (TPSA) is 74.3 Å². The molecule has 0 amide bonds. The summed E-state index contributed by atoms with van der Waals surface area (Å²) < 4.78 is 0. The highest BCUT2D eigenvalue weighted by Gasteiger charge is 2.17. The van der Waals surface area contributed by atoms with Gasteiger partial charge in [-0.05, 0) is 30.3 Å². The first kappa shape index (κ1) is 17.4.